The van der Waals surface area contributed by atoms with Gasteiger partial charge in [0.25, 0.3) is 0 Å². The lowest BCUT2D eigenvalue weighted by atomic mass is 9.82. The SMILES string of the molecule is O=C1CC(c2cccs2)CC2=C1C(c1cccs1)Nc1ccccc1N2. The van der Waals surface area contributed by atoms with Gasteiger partial charge in [0.1, 0.15) is 0 Å². The number of rotatable bonds is 2. The monoisotopic (exact) mass is 378 g/mol. The second-order valence-corrected chi connectivity index (χ2v) is 8.66. The number of benzene rings is 1. The zero-order valence-corrected chi connectivity index (χ0v) is 15.7. The van der Waals surface area contributed by atoms with Crippen LogP contribution in [0.5, 0.6) is 0 Å². The number of carbonyl (C=O) groups excluding carboxylic acids is 1. The fraction of sp³-hybridized carbons (Fsp3) is 0.190. The number of anilines is 2. The molecule has 0 spiro atoms. The Morgan fingerprint density at radius 3 is 2.31 bits per heavy atom. The van der Waals surface area contributed by atoms with Crippen LogP contribution in [0.25, 0.3) is 0 Å². The lowest BCUT2D eigenvalue weighted by Gasteiger charge is -2.28. The second kappa shape index (κ2) is 6.41. The van der Waals surface area contributed by atoms with Gasteiger partial charge in [0.2, 0.25) is 0 Å². The minimum atomic E-state index is -0.0852. The van der Waals surface area contributed by atoms with E-state index in [-0.39, 0.29) is 17.7 Å². The number of Topliss-reactive ketones (excluding diaryl/α,β-unsaturated/α-hetero) is 1. The van der Waals surface area contributed by atoms with Crippen molar-refractivity contribution in [2.75, 3.05) is 10.6 Å². The molecule has 0 saturated heterocycles. The summed E-state index contributed by atoms with van der Waals surface area (Å²) in [5.74, 6) is 0.513. The Morgan fingerprint density at radius 1 is 0.846 bits per heavy atom. The van der Waals surface area contributed by atoms with E-state index in [0.717, 1.165) is 29.1 Å². The Labute approximate surface area is 160 Å². The highest BCUT2D eigenvalue weighted by molar-refractivity contribution is 7.10. The number of fused-ring (bicyclic) bond motifs is 1. The zero-order valence-electron chi connectivity index (χ0n) is 14.1. The molecule has 1 aromatic carbocycles. The van der Waals surface area contributed by atoms with Gasteiger partial charge >= 0.3 is 0 Å². The lowest BCUT2D eigenvalue weighted by Crippen LogP contribution is -2.26. The van der Waals surface area contributed by atoms with Crippen molar-refractivity contribution in [3.63, 3.8) is 0 Å². The fourth-order valence-corrected chi connectivity index (χ4v) is 5.50. The number of carbonyl (C=O) groups is 1. The van der Waals surface area contributed by atoms with Crippen LogP contribution in [0.2, 0.25) is 0 Å². The van der Waals surface area contributed by atoms with Gasteiger partial charge in [-0.1, -0.05) is 24.3 Å². The van der Waals surface area contributed by atoms with Crippen molar-refractivity contribution in [3.8, 4) is 0 Å². The molecular weight excluding hydrogens is 360 g/mol. The first-order chi connectivity index (χ1) is 12.8. The fourth-order valence-electron chi connectivity index (χ4n) is 3.89. The topological polar surface area (TPSA) is 41.1 Å². The van der Waals surface area contributed by atoms with Gasteiger partial charge in [0, 0.05) is 33.4 Å². The van der Waals surface area contributed by atoms with Gasteiger partial charge in [-0.2, -0.15) is 0 Å². The molecule has 2 atom stereocenters. The Kier molecular flexibility index (Phi) is 3.91. The summed E-state index contributed by atoms with van der Waals surface area (Å²) in [6, 6.07) is 16.5. The Morgan fingerprint density at radius 2 is 1.58 bits per heavy atom. The third kappa shape index (κ3) is 2.68. The van der Waals surface area contributed by atoms with Crippen LogP contribution in [0.1, 0.15) is 34.6 Å². The third-order valence-corrected chi connectivity index (χ3v) is 7.05. The van der Waals surface area contributed by atoms with E-state index in [4.69, 9.17) is 0 Å². The first kappa shape index (κ1) is 15.9. The molecule has 26 heavy (non-hydrogen) atoms. The first-order valence-electron chi connectivity index (χ1n) is 8.75. The number of nitrogens with one attached hydrogen (secondary N) is 2. The van der Waals surface area contributed by atoms with E-state index in [1.165, 1.54) is 9.75 Å². The van der Waals surface area contributed by atoms with Crippen LogP contribution >= 0.6 is 22.7 Å². The molecule has 0 fully saturated rings. The molecule has 2 aliphatic rings. The van der Waals surface area contributed by atoms with E-state index >= 15 is 0 Å². The number of hydrogen-bond acceptors (Lipinski definition) is 5. The summed E-state index contributed by atoms with van der Waals surface area (Å²) in [5.41, 5.74) is 4.05. The van der Waals surface area contributed by atoms with Crippen molar-refractivity contribution >= 4 is 39.8 Å². The van der Waals surface area contributed by atoms with E-state index in [0.29, 0.717) is 6.42 Å². The van der Waals surface area contributed by atoms with Crippen molar-refractivity contribution in [1.29, 1.82) is 0 Å². The molecule has 0 saturated carbocycles. The summed E-state index contributed by atoms with van der Waals surface area (Å²) in [6.45, 7) is 0. The standard InChI is InChI=1S/C21H18N2OS2/c24-17-12-13(18-7-3-9-25-18)11-16-20(17)21(19-8-4-10-26-19)23-15-6-2-1-5-14(15)22-16/h1-10,13,21-23H,11-12H2. The number of thiophene rings is 2. The molecule has 1 aliphatic carbocycles. The van der Waals surface area contributed by atoms with Crippen LogP contribution in [0.3, 0.4) is 0 Å². The highest BCUT2D eigenvalue weighted by atomic mass is 32.1. The summed E-state index contributed by atoms with van der Waals surface area (Å²) >= 11 is 3.44. The van der Waals surface area contributed by atoms with E-state index < -0.39 is 0 Å². The van der Waals surface area contributed by atoms with Crippen molar-refractivity contribution < 1.29 is 4.79 Å². The molecule has 5 rings (SSSR count). The van der Waals surface area contributed by atoms with Gasteiger partial charge in [-0.05, 0) is 41.4 Å². The number of para-hydroxylation sites is 2. The van der Waals surface area contributed by atoms with Crippen molar-refractivity contribution in [3.05, 3.63) is 80.3 Å². The average Bonchev–Trinajstić information content (AvgIpc) is 3.33. The van der Waals surface area contributed by atoms with Crippen LogP contribution in [0.4, 0.5) is 11.4 Å². The van der Waals surface area contributed by atoms with E-state index in [1.807, 2.05) is 18.2 Å². The van der Waals surface area contributed by atoms with Crippen LogP contribution in [0, 0.1) is 0 Å². The van der Waals surface area contributed by atoms with E-state index in [9.17, 15) is 4.79 Å². The van der Waals surface area contributed by atoms with E-state index in [1.54, 1.807) is 22.7 Å². The molecule has 2 aromatic heterocycles. The molecule has 3 nitrogen and oxygen atoms in total. The number of allylic oxidation sites excluding steroid dienone is 1. The molecule has 3 heterocycles. The van der Waals surface area contributed by atoms with Crippen LogP contribution in [0.15, 0.2) is 70.6 Å². The lowest BCUT2D eigenvalue weighted by molar-refractivity contribution is -0.116. The predicted octanol–water partition coefficient (Wildman–Crippen LogP) is 5.79. The Bertz CT molecular complexity index is 973. The largest absolute Gasteiger partial charge is 0.372 e. The normalized spacial score (nSPS) is 22.1. The molecule has 1 aliphatic heterocycles. The molecule has 0 amide bonds. The van der Waals surface area contributed by atoms with Crippen LogP contribution in [-0.2, 0) is 4.79 Å². The van der Waals surface area contributed by atoms with E-state index in [2.05, 4.69) is 51.7 Å². The molecule has 2 unspecified atom stereocenters. The van der Waals surface area contributed by atoms with Crippen LogP contribution in [-0.4, -0.2) is 5.78 Å². The molecule has 130 valence electrons. The summed E-state index contributed by atoms with van der Waals surface area (Å²) in [5, 5.41) is 11.4. The maximum Gasteiger partial charge on any atom is 0.163 e. The van der Waals surface area contributed by atoms with Crippen LogP contribution < -0.4 is 10.6 Å². The second-order valence-electron chi connectivity index (χ2n) is 6.70. The first-order valence-corrected chi connectivity index (χ1v) is 10.5. The molecule has 0 bridgehead atoms. The quantitative estimate of drug-likeness (QED) is 0.593. The maximum atomic E-state index is 13.2. The molecule has 2 N–H and O–H groups in total. The summed E-state index contributed by atoms with van der Waals surface area (Å²) in [6.07, 6.45) is 1.46. The average molecular weight is 379 g/mol. The molecule has 0 radical (unpaired) electrons. The van der Waals surface area contributed by atoms with Gasteiger partial charge in [-0.25, -0.2) is 0 Å². The van der Waals surface area contributed by atoms with Gasteiger partial charge in [0.05, 0.1) is 17.4 Å². The highest BCUT2D eigenvalue weighted by Crippen LogP contribution is 2.45. The highest BCUT2D eigenvalue weighted by Gasteiger charge is 2.36. The smallest absolute Gasteiger partial charge is 0.163 e. The maximum absolute atomic E-state index is 13.2. The third-order valence-electron chi connectivity index (χ3n) is 5.08. The summed E-state index contributed by atoms with van der Waals surface area (Å²) in [4.78, 5) is 15.7. The molecular formula is C21H18N2OS2. The Balaban J connectivity index is 1.62. The van der Waals surface area contributed by atoms with Gasteiger partial charge in [-0.3, -0.25) is 4.79 Å². The number of ketones is 1. The summed E-state index contributed by atoms with van der Waals surface area (Å²) in [7, 11) is 0. The molecule has 5 heteroatoms. The van der Waals surface area contributed by atoms with Gasteiger partial charge in [-0.15, -0.1) is 22.7 Å². The number of hydrogen-bond donors (Lipinski definition) is 2. The van der Waals surface area contributed by atoms with Gasteiger partial charge in [0.15, 0.2) is 5.78 Å². The van der Waals surface area contributed by atoms with Gasteiger partial charge < -0.3 is 10.6 Å². The minimum absolute atomic E-state index is 0.0852. The zero-order chi connectivity index (χ0) is 17.5. The van der Waals surface area contributed by atoms with Crippen molar-refractivity contribution in [2.24, 2.45) is 0 Å². The summed E-state index contributed by atoms with van der Waals surface area (Å²) < 4.78 is 0. The van der Waals surface area contributed by atoms with Crippen molar-refractivity contribution in [2.45, 2.75) is 24.8 Å². The minimum Gasteiger partial charge on any atom is -0.372 e. The Hall–Kier alpha value is -2.37. The van der Waals surface area contributed by atoms with Crippen molar-refractivity contribution in [1.82, 2.24) is 0 Å². The predicted molar refractivity (Wildman–Crippen MR) is 109 cm³/mol. The molecule has 3 aromatic rings.